The number of imidazole rings is 1. The summed E-state index contributed by atoms with van der Waals surface area (Å²) in [7, 11) is 2.09. The average molecular weight is 528 g/mol. The number of anilines is 3. The van der Waals surface area contributed by atoms with Crippen LogP contribution in [-0.4, -0.2) is 28.3 Å². The van der Waals surface area contributed by atoms with Crippen molar-refractivity contribution in [3.63, 3.8) is 0 Å². The molecule has 3 aromatic carbocycles. The molecule has 0 unspecified atom stereocenters. The zero-order chi connectivity index (χ0) is 27.8. The lowest BCUT2D eigenvalue weighted by atomic mass is 9.92. The van der Waals surface area contributed by atoms with E-state index in [4.69, 9.17) is 4.98 Å². The second-order valence-electron chi connectivity index (χ2n) is 11.4. The SMILES string of the molecule is CC(C)c1cccc(C(C)C)c1-n1ccnc1-c1cccc(Cc2cccc(N3CN(C)c4ncccc43)c2)c1. The molecule has 0 radical (unpaired) electrons. The van der Waals surface area contributed by atoms with Gasteiger partial charge in [-0.15, -0.1) is 0 Å². The minimum absolute atomic E-state index is 0.417. The minimum Gasteiger partial charge on any atom is -0.340 e. The molecule has 0 fully saturated rings. The number of para-hydroxylation sites is 1. The third kappa shape index (κ3) is 4.77. The molecule has 0 saturated carbocycles. The highest BCUT2D eigenvalue weighted by Crippen LogP contribution is 2.38. The van der Waals surface area contributed by atoms with Gasteiger partial charge in [0.15, 0.2) is 5.82 Å². The number of hydrogen-bond acceptors (Lipinski definition) is 4. The van der Waals surface area contributed by atoms with Crippen molar-refractivity contribution in [2.24, 2.45) is 0 Å². The van der Waals surface area contributed by atoms with Gasteiger partial charge in [-0.25, -0.2) is 9.97 Å². The Balaban J connectivity index is 1.32. The summed E-state index contributed by atoms with van der Waals surface area (Å²) in [6.45, 7) is 9.87. The van der Waals surface area contributed by atoms with Crippen LogP contribution in [0.2, 0.25) is 0 Å². The van der Waals surface area contributed by atoms with Gasteiger partial charge in [-0.1, -0.05) is 76.2 Å². The Morgan fingerprint density at radius 1 is 0.750 bits per heavy atom. The molecule has 0 saturated heterocycles. The standard InChI is InChI=1S/C35H37N5/c1-24(2)30-14-8-15-31(25(3)4)33(30)39-19-18-37-34(39)28-12-6-10-26(21-28)20-27-11-7-13-29(22-27)40-23-38(5)35-32(40)16-9-17-36-35/h6-19,21-22,24-25H,20,23H2,1-5H3. The van der Waals surface area contributed by atoms with Crippen LogP contribution < -0.4 is 9.80 Å². The van der Waals surface area contributed by atoms with Crippen molar-refractivity contribution in [1.29, 1.82) is 0 Å². The van der Waals surface area contributed by atoms with E-state index < -0.39 is 0 Å². The lowest BCUT2D eigenvalue weighted by Crippen LogP contribution is -2.24. The summed E-state index contributed by atoms with van der Waals surface area (Å²) in [5.41, 5.74) is 9.99. The number of fused-ring (bicyclic) bond motifs is 1. The van der Waals surface area contributed by atoms with Crippen molar-refractivity contribution in [2.75, 3.05) is 23.5 Å². The van der Waals surface area contributed by atoms with Gasteiger partial charge in [0.05, 0.1) is 18.0 Å². The molecule has 5 nitrogen and oxygen atoms in total. The molecule has 2 aromatic heterocycles. The molecule has 0 aliphatic carbocycles. The second kappa shape index (κ2) is 10.6. The van der Waals surface area contributed by atoms with Crippen molar-refractivity contribution in [3.8, 4) is 17.1 Å². The number of benzene rings is 3. The molecule has 1 aliphatic rings. The molecule has 0 spiro atoms. The third-order valence-corrected chi connectivity index (χ3v) is 7.81. The highest BCUT2D eigenvalue weighted by atomic mass is 15.4. The highest BCUT2D eigenvalue weighted by Gasteiger charge is 2.25. The molecule has 5 aromatic rings. The van der Waals surface area contributed by atoms with Gasteiger partial charge in [-0.2, -0.15) is 0 Å². The van der Waals surface area contributed by atoms with E-state index in [9.17, 15) is 0 Å². The molecule has 6 rings (SSSR count). The molecule has 0 atom stereocenters. The maximum absolute atomic E-state index is 4.85. The number of hydrogen-bond donors (Lipinski definition) is 0. The molecule has 3 heterocycles. The van der Waals surface area contributed by atoms with E-state index in [1.807, 2.05) is 18.5 Å². The first-order chi connectivity index (χ1) is 19.4. The van der Waals surface area contributed by atoms with E-state index in [1.54, 1.807) is 0 Å². The quantitative estimate of drug-likeness (QED) is 0.213. The van der Waals surface area contributed by atoms with E-state index >= 15 is 0 Å². The molecular weight excluding hydrogens is 490 g/mol. The first-order valence-corrected chi connectivity index (χ1v) is 14.2. The molecule has 0 amide bonds. The fourth-order valence-corrected chi connectivity index (χ4v) is 5.85. The van der Waals surface area contributed by atoms with Gasteiger partial charge in [0.2, 0.25) is 0 Å². The van der Waals surface area contributed by atoms with Crippen LogP contribution in [0.3, 0.4) is 0 Å². The van der Waals surface area contributed by atoms with Crippen LogP contribution in [0, 0.1) is 0 Å². The van der Waals surface area contributed by atoms with Gasteiger partial charge >= 0.3 is 0 Å². The Hall–Kier alpha value is -4.38. The summed E-state index contributed by atoms with van der Waals surface area (Å²) in [6.07, 6.45) is 6.75. The minimum atomic E-state index is 0.417. The average Bonchev–Trinajstić information content (AvgIpc) is 3.58. The smallest absolute Gasteiger partial charge is 0.153 e. The number of rotatable bonds is 7. The summed E-state index contributed by atoms with van der Waals surface area (Å²) >= 11 is 0. The second-order valence-corrected chi connectivity index (χ2v) is 11.4. The number of pyridine rings is 1. The van der Waals surface area contributed by atoms with Gasteiger partial charge in [0, 0.05) is 36.9 Å². The Morgan fingerprint density at radius 3 is 2.20 bits per heavy atom. The molecule has 40 heavy (non-hydrogen) atoms. The van der Waals surface area contributed by atoms with Gasteiger partial charge < -0.3 is 9.80 Å². The first-order valence-electron chi connectivity index (χ1n) is 14.2. The molecule has 1 aliphatic heterocycles. The van der Waals surface area contributed by atoms with Gasteiger partial charge in [-0.05, 0) is 70.8 Å². The normalized spacial score (nSPS) is 13.0. The van der Waals surface area contributed by atoms with Crippen LogP contribution in [0.5, 0.6) is 0 Å². The highest BCUT2D eigenvalue weighted by molar-refractivity contribution is 5.79. The van der Waals surface area contributed by atoms with E-state index in [1.165, 1.54) is 33.6 Å². The topological polar surface area (TPSA) is 37.2 Å². The summed E-state index contributed by atoms with van der Waals surface area (Å²) in [6, 6.07) is 28.6. The van der Waals surface area contributed by atoms with E-state index in [2.05, 4.69) is 133 Å². The van der Waals surface area contributed by atoms with Gasteiger partial charge in [-0.3, -0.25) is 4.57 Å². The fourth-order valence-electron chi connectivity index (χ4n) is 5.85. The first kappa shape index (κ1) is 25.9. The molecule has 5 heteroatoms. The largest absolute Gasteiger partial charge is 0.340 e. The molecular formula is C35H37N5. The van der Waals surface area contributed by atoms with Crippen LogP contribution in [0.1, 0.15) is 61.8 Å². The summed E-state index contributed by atoms with van der Waals surface area (Å²) in [4.78, 5) is 13.9. The Kier molecular flexibility index (Phi) is 6.89. The Bertz CT molecular complexity index is 1620. The zero-order valence-corrected chi connectivity index (χ0v) is 24.0. The number of aromatic nitrogens is 3. The van der Waals surface area contributed by atoms with Crippen LogP contribution >= 0.6 is 0 Å². The Labute approximate surface area is 237 Å². The van der Waals surface area contributed by atoms with Crippen molar-refractivity contribution in [2.45, 2.75) is 46.0 Å². The maximum atomic E-state index is 4.85. The van der Waals surface area contributed by atoms with Gasteiger partial charge in [0.1, 0.15) is 5.82 Å². The van der Waals surface area contributed by atoms with Crippen LogP contribution in [0.15, 0.2) is 97.5 Å². The van der Waals surface area contributed by atoms with Crippen LogP contribution in [-0.2, 0) is 6.42 Å². The monoisotopic (exact) mass is 527 g/mol. The maximum Gasteiger partial charge on any atom is 0.153 e. The number of nitrogens with zero attached hydrogens (tertiary/aromatic N) is 5. The Morgan fingerprint density at radius 2 is 1.45 bits per heavy atom. The van der Waals surface area contributed by atoms with E-state index in [0.717, 1.165) is 36.0 Å². The summed E-state index contributed by atoms with van der Waals surface area (Å²) in [5.74, 6) is 2.84. The summed E-state index contributed by atoms with van der Waals surface area (Å²) in [5, 5.41) is 0. The zero-order valence-electron chi connectivity index (χ0n) is 24.0. The van der Waals surface area contributed by atoms with Crippen molar-refractivity contribution >= 4 is 17.2 Å². The third-order valence-electron chi connectivity index (χ3n) is 7.81. The van der Waals surface area contributed by atoms with Crippen molar-refractivity contribution in [1.82, 2.24) is 14.5 Å². The summed E-state index contributed by atoms with van der Waals surface area (Å²) < 4.78 is 2.29. The molecule has 0 bridgehead atoms. The van der Waals surface area contributed by atoms with Crippen molar-refractivity contribution in [3.05, 3.63) is 120 Å². The predicted octanol–water partition coefficient (Wildman–Crippen LogP) is 8.32. The fraction of sp³-hybridized carbons (Fsp3) is 0.257. The van der Waals surface area contributed by atoms with E-state index in [0.29, 0.717) is 11.8 Å². The molecule has 0 N–H and O–H groups in total. The van der Waals surface area contributed by atoms with Crippen LogP contribution in [0.4, 0.5) is 17.2 Å². The van der Waals surface area contributed by atoms with Crippen LogP contribution in [0.25, 0.3) is 17.1 Å². The van der Waals surface area contributed by atoms with E-state index in [-0.39, 0.29) is 0 Å². The van der Waals surface area contributed by atoms with Crippen molar-refractivity contribution < 1.29 is 0 Å². The van der Waals surface area contributed by atoms with Gasteiger partial charge in [0.25, 0.3) is 0 Å². The molecule has 202 valence electrons. The predicted molar refractivity (Wildman–Crippen MR) is 166 cm³/mol. The lowest BCUT2D eigenvalue weighted by Gasteiger charge is -2.22. The lowest BCUT2D eigenvalue weighted by molar-refractivity contribution is 0.806.